The van der Waals surface area contributed by atoms with E-state index in [2.05, 4.69) is 4.98 Å². The third-order valence-electron chi connectivity index (χ3n) is 7.13. The van der Waals surface area contributed by atoms with Gasteiger partial charge >= 0.3 is 0 Å². The van der Waals surface area contributed by atoms with Crippen molar-refractivity contribution in [2.45, 2.75) is 38.0 Å². The normalized spacial score (nSPS) is 21.6. The van der Waals surface area contributed by atoms with E-state index in [-0.39, 0.29) is 24.3 Å². The smallest absolute Gasteiger partial charge is 0.268 e. The number of ether oxygens (including phenoxy) is 2. The van der Waals surface area contributed by atoms with Crippen LogP contribution in [-0.2, 0) is 16.1 Å². The number of aliphatic hydroxyl groups excluding tert-OH is 1. The Hall–Kier alpha value is -3.66. The zero-order valence-corrected chi connectivity index (χ0v) is 19.8. The summed E-state index contributed by atoms with van der Waals surface area (Å²) in [5, 5.41) is 9.40. The van der Waals surface area contributed by atoms with Gasteiger partial charge in [0.25, 0.3) is 11.8 Å². The standard InChI is InChI=1S/C26H28N4O6/c31-19-12-28(13-19)24(32)14-29-11-17-3-4-18(9-21(17)25(29)33)30-8-7-22(26(30)34)36-20-5-6-23(27-10-20)35-15-16-1-2-16/h3-6,9-10,16,19,22,31H,1-2,7-8,11-15H2/t22-/m1/s1. The van der Waals surface area contributed by atoms with Gasteiger partial charge in [-0.25, -0.2) is 4.98 Å². The van der Waals surface area contributed by atoms with E-state index in [1.54, 1.807) is 34.2 Å². The predicted octanol–water partition coefficient (Wildman–Crippen LogP) is 1.21. The first-order chi connectivity index (χ1) is 17.4. The first kappa shape index (κ1) is 22.8. The first-order valence-electron chi connectivity index (χ1n) is 12.4. The molecule has 0 spiro atoms. The van der Waals surface area contributed by atoms with Crippen LogP contribution in [0.5, 0.6) is 11.6 Å². The van der Waals surface area contributed by atoms with Crippen molar-refractivity contribution in [1.82, 2.24) is 14.8 Å². The molecule has 4 aliphatic rings. The molecule has 2 aromatic rings. The summed E-state index contributed by atoms with van der Waals surface area (Å²) in [7, 11) is 0. The Labute approximate surface area is 208 Å². The highest BCUT2D eigenvalue weighted by atomic mass is 16.5. The van der Waals surface area contributed by atoms with E-state index < -0.39 is 12.2 Å². The molecule has 1 atom stereocenters. The molecule has 1 aliphatic carbocycles. The van der Waals surface area contributed by atoms with Crippen molar-refractivity contribution in [3.8, 4) is 11.6 Å². The van der Waals surface area contributed by atoms with Crippen molar-refractivity contribution in [2.24, 2.45) is 5.92 Å². The number of benzene rings is 1. The molecule has 3 fully saturated rings. The Morgan fingerprint density at radius 2 is 1.94 bits per heavy atom. The summed E-state index contributed by atoms with van der Waals surface area (Å²) in [6.07, 6.45) is 3.41. The van der Waals surface area contributed by atoms with Crippen LogP contribution in [0.15, 0.2) is 36.5 Å². The van der Waals surface area contributed by atoms with E-state index in [1.807, 2.05) is 12.1 Å². The van der Waals surface area contributed by atoms with E-state index in [0.717, 1.165) is 5.56 Å². The van der Waals surface area contributed by atoms with Gasteiger partial charge in [-0.3, -0.25) is 14.4 Å². The maximum atomic E-state index is 13.1. The number of rotatable bonds is 8. The number of amides is 3. The van der Waals surface area contributed by atoms with Crippen LogP contribution in [0.25, 0.3) is 0 Å². The number of carbonyl (C=O) groups excluding carboxylic acids is 3. The Balaban J connectivity index is 1.07. The van der Waals surface area contributed by atoms with E-state index in [4.69, 9.17) is 9.47 Å². The summed E-state index contributed by atoms with van der Waals surface area (Å²) in [5.41, 5.74) is 1.97. The molecule has 4 heterocycles. The number of pyridine rings is 1. The molecule has 3 aliphatic heterocycles. The molecular weight excluding hydrogens is 464 g/mol. The Bertz CT molecular complexity index is 1190. The molecule has 0 radical (unpaired) electrons. The highest BCUT2D eigenvalue weighted by Crippen LogP contribution is 2.32. The second kappa shape index (κ2) is 9.09. The molecular formula is C26H28N4O6. The molecule has 1 saturated carbocycles. The van der Waals surface area contributed by atoms with Crippen LogP contribution in [0.4, 0.5) is 5.69 Å². The molecule has 3 amide bonds. The number of likely N-dealkylation sites (tertiary alicyclic amines) is 1. The molecule has 1 aromatic heterocycles. The van der Waals surface area contributed by atoms with E-state index in [9.17, 15) is 19.5 Å². The number of β-amino-alcohol motifs (C(OH)–C–C–N with tert-alkyl or cyclic N) is 1. The zero-order chi connectivity index (χ0) is 24.8. The molecule has 1 N–H and O–H groups in total. The molecule has 0 unspecified atom stereocenters. The van der Waals surface area contributed by atoms with Gasteiger partial charge in [0.05, 0.1) is 18.9 Å². The van der Waals surface area contributed by atoms with Crippen LogP contribution in [0, 0.1) is 5.92 Å². The van der Waals surface area contributed by atoms with Crippen molar-refractivity contribution in [1.29, 1.82) is 0 Å². The van der Waals surface area contributed by atoms with Crippen molar-refractivity contribution >= 4 is 23.4 Å². The highest BCUT2D eigenvalue weighted by molar-refractivity contribution is 6.03. The molecule has 188 valence electrons. The maximum Gasteiger partial charge on any atom is 0.268 e. The van der Waals surface area contributed by atoms with Crippen LogP contribution >= 0.6 is 0 Å². The number of nitrogens with zero attached hydrogens (tertiary/aromatic N) is 4. The largest absolute Gasteiger partial charge is 0.479 e. The molecule has 10 nitrogen and oxygen atoms in total. The summed E-state index contributed by atoms with van der Waals surface area (Å²) >= 11 is 0. The molecule has 6 rings (SSSR count). The Morgan fingerprint density at radius 1 is 1.11 bits per heavy atom. The number of hydrogen-bond donors (Lipinski definition) is 1. The summed E-state index contributed by atoms with van der Waals surface area (Å²) < 4.78 is 11.6. The van der Waals surface area contributed by atoms with E-state index in [1.165, 1.54) is 17.7 Å². The number of carbonyl (C=O) groups is 3. The SMILES string of the molecule is O=C(CN1Cc2ccc(N3CC[C@@H](Oc4ccc(OCC5CC5)nc4)C3=O)cc2C1=O)N1CC(O)C1. The molecule has 0 bridgehead atoms. The lowest BCUT2D eigenvalue weighted by Crippen LogP contribution is -2.55. The Morgan fingerprint density at radius 3 is 2.67 bits per heavy atom. The number of aliphatic hydroxyl groups is 1. The third-order valence-corrected chi connectivity index (χ3v) is 7.13. The van der Waals surface area contributed by atoms with Crippen LogP contribution in [0.3, 0.4) is 0 Å². The second-order valence-corrected chi connectivity index (χ2v) is 9.93. The fourth-order valence-electron chi connectivity index (χ4n) is 4.76. The van der Waals surface area contributed by atoms with E-state index >= 15 is 0 Å². The molecule has 36 heavy (non-hydrogen) atoms. The van der Waals surface area contributed by atoms with Crippen LogP contribution < -0.4 is 14.4 Å². The van der Waals surface area contributed by atoms with Crippen LogP contribution in [0.1, 0.15) is 35.2 Å². The van der Waals surface area contributed by atoms with Gasteiger partial charge in [0.15, 0.2) is 6.10 Å². The Kier molecular flexibility index (Phi) is 5.75. The number of fused-ring (bicyclic) bond motifs is 1. The fourth-order valence-corrected chi connectivity index (χ4v) is 4.76. The minimum Gasteiger partial charge on any atom is -0.479 e. The van der Waals surface area contributed by atoms with Gasteiger partial charge in [-0.1, -0.05) is 6.07 Å². The van der Waals surface area contributed by atoms with Crippen molar-refractivity contribution in [2.75, 3.05) is 37.7 Å². The van der Waals surface area contributed by atoms with Gasteiger partial charge in [-0.2, -0.15) is 0 Å². The second-order valence-electron chi connectivity index (χ2n) is 9.93. The lowest BCUT2D eigenvalue weighted by Gasteiger charge is -2.36. The lowest BCUT2D eigenvalue weighted by molar-refractivity contribution is -0.141. The van der Waals surface area contributed by atoms with Crippen LogP contribution in [0.2, 0.25) is 0 Å². The van der Waals surface area contributed by atoms with Crippen molar-refractivity contribution in [3.05, 3.63) is 47.7 Å². The van der Waals surface area contributed by atoms with Crippen molar-refractivity contribution in [3.63, 3.8) is 0 Å². The van der Waals surface area contributed by atoms with Gasteiger partial charge in [-0.05, 0) is 42.5 Å². The topological polar surface area (TPSA) is 113 Å². The summed E-state index contributed by atoms with van der Waals surface area (Å²) in [5.74, 6) is 1.13. The highest BCUT2D eigenvalue weighted by Gasteiger charge is 2.37. The minimum atomic E-state index is -0.630. The summed E-state index contributed by atoms with van der Waals surface area (Å²) in [4.78, 5) is 47.3. The minimum absolute atomic E-state index is 0.0213. The monoisotopic (exact) mass is 492 g/mol. The number of hydrogen-bond acceptors (Lipinski definition) is 7. The molecule has 1 aromatic carbocycles. The van der Waals surface area contributed by atoms with Crippen LogP contribution in [-0.4, -0.2) is 82.6 Å². The average Bonchev–Trinajstić information content (AvgIpc) is 3.56. The van der Waals surface area contributed by atoms with Gasteiger partial charge in [0.2, 0.25) is 11.8 Å². The molecule has 2 saturated heterocycles. The summed E-state index contributed by atoms with van der Waals surface area (Å²) in [6.45, 7) is 2.12. The molecule has 10 heteroatoms. The average molecular weight is 493 g/mol. The summed E-state index contributed by atoms with van der Waals surface area (Å²) in [6, 6.07) is 8.91. The van der Waals surface area contributed by atoms with Gasteiger partial charge in [-0.15, -0.1) is 0 Å². The lowest BCUT2D eigenvalue weighted by atomic mass is 10.1. The predicted molar refractivity (Wildman–Crippen MR) is 128 cm³/mol. The zero-order valence-electron chi connectivity index (χ0n) is 19.8. The van der Waals surface area contributed by atoms with Gasteiger partial charge in [0.1, 0.15) is 12.3 Å². The quantitative estimate of drug-likeness (QED) is 0.590. The van der Waals surface area contributed by atoms with Gasteiger partial charge < -0.3 is 29.3 Å². The third kappa shape index (κ3) is 4.48. The maximum absolute atomic E-state index is 13.1. The first-order valence-corrected chi connectivity index (χ1v) is 12.4. The number of aromatic nitrogens is 1. The van der Waals surface area contributed by atoms with E-state index in [0.29, 0.717) is 68.0 Å². The van der Waals surface area contributed by atoms with Crippen molar-refractivity contribution < 1.29 is 29.0 Å². The number of anilines is 1. The fraction of sp³-hybridized carbons (Fsp3) is 0.462. The van der Waals surface area contributed by atoms with Gasteiger partial charge in [0, 0.05) is 49.9 Å².